The fourth-order valence-corrected chi connectivity index (χ4v) is 11.2. The van der Waals surface area contributed by atoms with Crippen LogP contribution in [0.15, 0.2) is 60.8 Å². The lowest BCUT2D eigenvalue weighted by Crippen LogP contribution is -2.47. The lowest BCUT2D eigenvalue weighted by molar-refractivity contribution is -0.870. The summed E-state index contributed by atoms with van der Waals surface area (Å²) in [4.78, 5) is 40.2. The zero-order valence-corrected chi connectivity index (χ0v) is 56.6. The second-order valence-electron chi connectivity index (χ2n) is 25.4. The van der Waals surface area contributed by atoms with Gasteiger partial charge in [-0.15, -0.1) is 0 Å². The van der Waals surface area contributed by atoms with E-state index >= 15 is 0 Å². The third-order valence-electron chi connectivity index (χ3n) is 16.0. The van der Waals surface area contributed by atoms with Crippen LogP contribution in [-0.2, 0) is 27.9 Å². The van der Waals surface area contributed by atoms with E-state index in [1.54, 1.807) is 0 Å². The average Bonchev–Trinajstić information content (AvgIpc) is 3.51. The number of phosphoric acid groups is 1. The Morgan fingerprint density at radius 2 is 0.735 bits per heavy atom. The van der Waals surface area contributed by atoms with E-state index in [1.165, 1.54) is 218 Å². The number of amides is 1. The summed E-state index contributed by atoms with van der Waals surface area (Å²) in [5, 5.41) is 3.04. The summed E-state index contributed by atoms with van der Waals surface area (Å²) in [5.74, 6) is -0.534. The smallest absolute Gasteiger partial charge is 0.306 e. The fraction of sp³-hybridized carbons (Fsp3) is 0.836. The molecule has 0 saturated heterocycles. The van der Waals surface area contributed by atoms with Crippen molar-refractivity contribution in [2.24, 2.45) is 0 Å². The third kappa shape index (κ3) is 64.0. The number of likely N-dealkylation sites (N-methyl/N-ethyl adjacent to an activating group) is 1. The van der Waals surface area contributed by atoms with Gasteiger partial charge in [-0.1, -0.05) is 313 Å². The van der Waals surface area contributed by atoms with Crippen LogP contribution >= 0.6 is 7.82 Å². The van der Waals surface area contributed by atoms with E-state index in [0.717, 1.165) is 89.9 Å². The van der Waals surface area contributed by atoms with Crippen LogP contribution in [0.5, 0.6) is 0 Å². The minimum Gasteiger partial charge on any atom is -0.756 e. The molecule has 3 unspecified atom stereocenters. The molecule has 0 fully saturated rings. The molecule has 0 rings (SSSR count). The molecule has 0 aromatic carbocycles. The van der Waals surface area contributed by atoms with E-state index in [0.29, 0.717) is 17.4 Å². The number of nitrogens with one attached hydrogen (secondary N) is 1. The Morgan fingerprint density at radius 3 is 1.12 bits per heavy atom. The molecule has 3 atom stereocenters. The number of nitrogens with zero attached hydrogens (tertiary/aromatic N) is 1. The Morgan fingerprint density at radius 1 is 0.422 bits per heavy atom. The van der Waals surface area contributed by atoms with Crippen LogP contribution in [0.2, 0.25) is 0 Å². The van der Waals surface area contributed by atoms with E-state index in [2.05, 4.69) is 74.7 Å². The van der Waals surface area contributed by atoms with Crippen LogP contribution in [0.4, 0.5) is 0 Å². The van der Waals surface area contributed by atoms with Crippen molar-refractivity contribution in [3.63, 3.8) is 0 Å². The number of carbonyl (C=O) groups excluding carboxylic acids is 2. The van der Waals surface area contributed by atoms with Gasteiger partial charge in [0.15, 0.2) is 0 Å². The molecule has 0 saturated carbocycles. The number of hydrogen-bond donors (Lipinski definition) is 1. The van der Waals surface area contributed by atoms with Crippen LogP contribution in [0.25, 0.3) is 0 Å². The van der Waals surface area contributed by atoms with Gasteiger partial charge in [0.1, 0.15) is 19.3 Å². The van der Waals surface area contributed by atoms with Crippen molar-refractivity contribution < 1.29 is 37.3 Å². The summed E-state index contributed by atoms with van der Waals surface area (Å²) >= 11 is 0. The second kappa shape index (κ2) is 62.8. The predicted octanol–water partition coefficient (Wildman–Crippen LogP) is 21.9. The van der Waals surface area contributed by atoms with E-state index in [4.69, 9.17) is 13.8 Å². The number of unbranched alkanes of at least 4 members (excludes halogenated alkanes) is 41. The van der Waals surface area contributed by atoms with Gasteiger partial charge >= 0.3 is 5.97 Å². The number of quaternary nitrogens is 1. The number of carbonyl (C=O) groups is 2. The summed E-state index contributed by atoms with van der Waals surface area (Å²) in [6.07, 6.45) is 80.6. The SMILES string of the molecule is CCCCC/C=C\C/C=C\C/C=C\C/C=C\CCCCCCCCCCCC(=O)OC(/C=C/CCCCCCCCCCC)C(COP(=O)([O-])OCC[N+](C)(C)C)NC(=O)CCCCCCCCCCCCCCCCCCCCCCC. The number of ether oxygens (including phenoxy) is 1. The highest BCUT2D eigenvalue weighted by Gasteiger charge is 2.27. The van der Waals surface area contributed by atoms with Crippen molar-refractivity contribution >= 4 is 19.7 Å². The van der Waals surface area contributed by atoms with Gasteiger partial charge in [0, 0.05) is 12.8 Å². The third-order valence-corrected chi connectivity index (χ3v) is 16.9. The van der Waals surface area contributed by atoms with Gasteiger partial charge in [0.05, 0.1) is 33.8 Å². The minimum absolute atomic E-state index is 0.0227. The number of hydrogen-bond acceptors (Lipinski definition) is 7. The van der Waals surface area contributed by atoms with Crippen molar-refractivity contribution in [3.05, 3.63) is 60.8 Å². The zero-order chi connectivity index (χ0) is 60.7. The molecule has 0 radical (unpaired) electrons. The number of esters is 1. The summed E-state index contributed by atoms with van der Waals surface area (Å²) in [6.45, 7) is 6.85. The monoisotopic (exact) mass is 1190 g/mol. The van der Waals surface area contributed by atoms with Crippen molar-refractivity contribution in [2.45, 2.75) is 354 Å². The molecule has 0 heterocycles. The first kappa shape index (κ1) is 80.7. The van der Waals surface area contributed by atoms with Crippen LogP contribution in [-0.4, -0.2) is 69.4 Å². The van der Waals surface area contributed by atoms with Crippen LogP contribution in [0.3, 0.4) is 0 Å². The van der Waals surface area contributed by atoms with Crippen LogP contribution in [0, 0.1) is 0 Å². The maximum absolute atomic E-state index is 13.6. The fourth-order valence-electron chi connectivity index (χ4n) is 10.4. The second-order valence-corrected chi connectivity index (χ2v) is 26.8. The van der Waals surface area contributed by atoms with Crippen molar-refractivity contribution in [1.29, 1.82) is 0 Å². The molecule has 0 aliphatic carbocycles. The first-order valence-corrected chi connectivity index (χ1v) is 37.1. The molecule has 0 aliphatic heterocycles. The molecule has 10 heteroatoms. The Bertz CT molecular complexity index is 1600. The minimum atomic E-state index is -4.70. The summed E-state index contributed by atoms with van der Waals surface area (Å²) in [6, 6.07) is -0.890. The summed E-state index contributed by atoms with van der Waals surface area (Å²) in [5.41, 5.74) is 0. The van der Waals surface area contributed by atoms with Gasteiger partial charge in [-0.2, -0.15) is 0 Å². The highest BCUT2D eigenvalue weighted by atomic mass is 31.2. The van der Waals surface area contributed by atoms with Gasteiger partial charge < -0.3 is 28.5 Å². The van der Waals surface area contributed by atoms with Gasteiger partial charge in [-0.3, -0.25) is 14.2 Å². The largest absolute Gasteiger partial charge is 0.756 e. The molecule has 83 heavy (non-hydrogen) atoms. The number of allylic oxidation sites excluding steroid dienone is 9. The Balaban J connectivity index is 5.03. The molecule has 1 amide bonds. The highest BCUT2D eigenvalue weighted by molar-refractivity contribution is 7.45. The predicted molar refractivity (Wildman–Crippen MR) is 358 cm³/mol. The number of rotatable bonds is 65. The van der Waals surface area contributed by atoms with Crippen molar-refractivity contribution in [3.8, 4) is 0 Å². The molecular formula is C73H137N2O7P. The van der Waals surface area contributed by atoms with Gasteiger partial charge in [-0.25, -0.2) is 0 Å². The van der Waals surface area contributed by atoms with E-state index in [9.17, 15) is 19.0 Å². The van der Waals surface area contributed by atoms with Gasteiger partial charge in [0.25, 0.3) is 7.82 Å². The average molecular weight is 1190 g/mol. The first-order chi connectivity index (χ1) is 40.4. The lowest BCUT2D eigenvalue weighted by atomic mass is 10.0. The number of phosphoric ester groups is 1. The molecular weight excluding hydrogens is 1050 g/mol. The molecule has 486 valence electrons. The van der Waals surface area contributed by atoms with E-state index in [-0.39, 0.29) is 31.5 Å². The van der Waals surface area contributed by atoms with Crippen molar-refractivity contribution in [1.82, 2.24) is 5.32 Å². The van der Waals surface area contributed by atoms with E-state index < -0.39 is 20.0 Å². The molecule has 0 bridgehead atoms. The molecule has 1 N–H and O–H groups in total. The molecule has 0 aliphatic rings. The molecule has 9 nitrogen and oxygen atoms in total. The Kier molecular flexibility index (Phi) is 61.0. The van der Waals surface area contributed by atoms with Gasteiger partial charge in [0.2, 0.25) is 5.91 Å². The van der Waals surface area contributed by atoms with Crippen LogP contribution in [0.1, 0.15) is 342 Å². The normalized spacial score (nSPS) is 13.9. The van der Waals surface area contributed by atoms with Crippen LogP contribution < -0.4 is 10.2 Å². The molecule has 0 spiro atoms. The maximum atomic E-state index is 13.6. The first-order valence-electron chi connectivity index (χ1n) is 35.6. The van der Waals surface area contributed by atoms with Gasteiger partial charge in [-0.05, 0) is 76.7 Å². The lowest BCUT2D eigenvalue weighted by Gasteiger charge is -2.30. The Labute approximate surface area is 515 Å². The summed E-state index contributed by atoms with van der Waals surface area (Å²) < 4.78 is 30.4. The Hall–Kier alpha value is -2.29. The summed E-state index contributed by atoms with van der Waals surface area (Å²) in [7, 11) is 1.19. The standard InChI is InChI=1S/C73H137N2O7P/c1-7-10-13-16-19-22-25-27-29-31-33-35-36-37-38-40-42-44-46-48-51-54-57-60-63-66-73(77)82-71(64-61-58-55-52-49-24-21-18-15-12-9-3)70(69-81-83(78,79)80-68-67-75(4,5)6)74-72(76)65-62-59-56-53-50-47-45-43-41-39-34-32-30-28-26-23-20-17-14-11-8-2/h19,22,27,29,33,35,37-38,61,64,70-71H,7-18,20-21,23-26,28,30-32,34,36,39-60,62-63,65-69H2,1-6H3,(H-,74,76,78,79)/b22-19-,29-27-,35-33-,38-37-,64-61+. The van der Waals surface area contributed by atoms with Crippen molar-refractivity contribution in [2.75, 3.05) is 40.9 Å². The zero-order valence-electron chi connectivity index (χ0n) is 55.7. The quantitative estimate of drug-likeness (QED) is 0.0212. The topological polar surface area (TPSA) is 114 Å². The molecule has 0 aromatic heterocycles. The van der Waals surface area contributed by atoms with E-state index in [1.807, 2.05) is 33.3 Å². The highest BCUT2D eigenvalue weighted by Crippen LogP contribution is 2.38. The maximum Gasteiger partial charge on any atom is 0.306 e. The molecule has 0 aromatic rings.